The number of rotatable bonds is 3. The van der Waals surface area contributed by atoms with Gasteiger partial charge in [0, 0.05) is 32.7 Å². The molecule has 0 aromatic carbocycles. The van der Waals surface area contributed by atoms with E-state index in [4.69, 9.17) is 0 Å². The number of nitrogens with zero attached hydrogens (tertiary/aromatic N) is 3. The molecule has 1 aromatic rings. The molecule has 1 saturated carbocycles. The van der Waals surface area contributed by atoms with Crippen LogP contribution in [-0.4, -0.2) is 60.7 Å². The molecule has 3 fully saturated rings. The van der Waals surface area contributed by atoms with Gasteiger partial charge in [-0.25, -0.2) is 9.37 Å². The molecule has 3 heterocycles. The minimum Gasteiger partial charge on any atom is -0.370 e. The van der Waals surface area contributed by atoms with E-state index in [0.29, 0.717) is 24.2 Å². The first kappa shape index (κ1) is 15.8. The number of pyridine rings is 1. The number of alkyl halides is 1. The average Bonchev–Trinajstić information content (AvgIpc) is 3.32. The first-order valence-corrected chi connectivity index (χ1v) is 8.95. The van der Waals surface area contributed by atoms with Crippen molar-refractivity contribution in [1.29, 1.82) is 0 Å². The first-order valence-electron chi connectivity index (χ1n) is 8.95. The molecule has 6 heteroatoms. The van der Waals surface area contributed by atoms with Crippen LogP contribution < -0.4 is 10.2 Å². The summed E-state index contributed by atoms with van der Waals surface area (Å²) in [6, 6.07) is 4.24. The second kappa shape index (κ2) is 5.99. The predicted octanol–water partition coefficient (Wildman–Crippen LogP) is 1.84. The summed E-state index contributed by atoms with van der Waals surface area (Å²) < 4.78 is 14.3. The molecule has 1 amide bonds. The predicted molar refractivity (Wildman–Crippen MR) is 91.0 cm³/mol. The Labute approximate surface area is 142 Å². The lowest BCUT2D eigenvalue weighted by molar-refractivity contribution is 0.0767. The van der Waals surface area contributed by atoms with Crippen LogP contribution in [0.15, 0.2) is 18.3 Å². The minimum atomic E-state index is -0.866. The van der Waals surface area contributed by atoms with Crippen molar-refractivity contribution in [3.63, 3.8) is 0 Å². The molecule has 0 radical (unpaired) electrons. The van der Waals surface area contributed by atoms with Gasteiger partial charge in [0.2, 0.25) is 0 Å². The topological polar surface area (TPSA) is 48.5 Å². The van der Waals surface area contributed by atoms with Crippen LogP contribution in [0.1, 0.15) is 36.2 Å². The lowest BCUT2D eigenvalue weighted by atomic mass is 9.99. The molecule has 24 heavy (non-hydrogen) atoms. The van der Waals surface area contributed by atoms with Crippen LogP contribution in [0.25, 0.3) is 0 Å². The van der Waals surface area contributed by atoms with Crippen molar-refractivity contribution < 1.29 is 9.18 Å². The summed E-state index contributed by atoms with van der Waals surface area (Å²) in [5, 5.41) is 2.58. The monoisotopic (exact) mass is 332 g/mol. The van der Waals surface area contributed by atoms with Crippen LogP contribution in [0, 0.1) is 5.92 Å². The number of carbonyl (C=O) groups is 1. The van der Waals surface area contributed by atoms with Crippen LogP contribution in [0.5, 0.6) is 0 Å². The van der Waals surface area contributed by atoms with Crippen LogP contribution in [0.4, 0.5) is 10.1 Å². The fourth-order valence-corrected chi connectivity index (χ4v) is 4.28. The maximum Gasteiger partial charge on any atom is 0.269 e. The molecule has 1 aliphatic carbocycles. The van der Waals surface area contributed by atoms with E-state index < -0.39 is 5.67 Å². The molecule has 2 atom stereocenters. The number of fused-ring (bicyclic) bond motifs is 1. The smallest absolute Gasteiger partial charge is 0.269 e. The number of piperidine rings is 2. The van der Waals surface area contributed by atoms with Gasteiger partial charge < -0.3 is 10.2 Å². The third-order valence-electron chi connectivity index (χ3n) is 5.94. The Balaban J connectivity index is 1.33. The van der Waals surface area contributed by atoms with E-state index in [1.165, 1.54) is 0 Å². The summed E-state index contributed by atoms with van der Waals surface area (Å²) in [6.45, 7) is 3.63. The number of halogens is 1. The molecule has 3 aliphatic rings. The summed E-state index contributed by atoms with van der Waals surface area (Å²) in [7, 11) is 1.61. The number of hydrogen-bond acceptors (Lipinski definition) is 4. The van der Waals surface area contributed by atoms with Gasteiger partial charge in [0.05, 0.1) is 11.9 Å². The summed E-state index contributed by atoms with van der Waals surface area (Å²) in [4.78, 5) is 20.5. The maximum absolute atomic E-state index is 14.3. The van der Waals surface area contributed by atoms with Gasteiger partial charge in [-0.2, -0.15) is 0 Å². The van der Waals surface area contributed by atoms with Gasteiger partial charge in [0.25, 0.3) is 5.91 Å². The summed E-state index contributed by atoms with van der Waals surface area (Å²) >= 11 is 0. The highest BCUT2D eigenvalue weighted by molar-refractivity contribution is 5.92. The molecule has 1 N–H and O–H groups in total. The highest BCUT2D eigenvalue weighted by Gasteiger charge is 2.58. The van der Waals surface area contributed by atoms with E-state index in [0.717, 1.165) is 51.0 Å². The third-order valence-corrected chi connectivity index (χ3v) is 5.94. The van der Waals surface area contributed by atoms with Crippen molar-refractivity contribution in [2.75, 3.05) is 38.1 Å². The normalized spacial score (nSPS) is 30.8. The zero-order valence-corrected chi connectivity index (χ0v) is 14.2. The number of nitrogens with one attached hydrogen (secondary N) is 1. The maximum atomic E-state index is 14.3. The van der Waals surface area contributed by atoms with Gasteiger partial charge in [-0.3, -0.25) is 9.69 Å². The first-order chi connectivity index (χ1) is 11.6. The molecule has 0 spiro atoms. The van der Waals surface area contributed by atoms with Crippen molar-refractivity contribution in [2.24, 2.45) is 5.92 Å². The van der Waals surface area contributed by atoms with Crippen LogP contribution in [0.3, 0.4) is 0 Å². The van der Waals surface area contributed by atoms with Crippen molar-refractivity contribution in [3.8, 4) is 0 Å². The Bertz CT molecular complexity index is 614. The molecular weight excluding hydrogens is 307 g/mol. The van der Waals surface area contributed by atoms with E-state index in [-0.39, 0.29) is 5.91 Å². The molecule has 0 bridgehead atoms. The Kier molecular flexibility index (Phi) is 3.95. The van der Waals surface area contributed by atoms with Crippen LogP contribution >= 0.6 is 0 Å². The minimum absolute atomic E-state index is 0.163. The Morgan fingerprint density at radius 3 is 2.71 bits per heavy atom. The standard InChI is InChI=1S/C18H25FN4O/c1-20-17(24)16-3-2-15(11-21-16)22-8-5-14(6-9-22)23-7-4-13-10-18(13,19)12-23/h2-3,11,13-14H,4-10,12H2,1H3,(H,20,24). The molecule has 2 saturated heterocycles. The van der Waals surface area contributed by atoms with Gasteiger partial charge in [0.15, 0.2) is 0 Å². The SMILES string of the molecule is CNC(=O)c1ccc(N2CCC(N3CCC4CC4(F)C3)CC2)cn1. The van der Waals surface area contributed by atoms with E-state index >= 15 is 0 Å². The molecule has 5 nitrogen and oxygen atoms in total. The summed E-state index contributed by atoms with van der Waals surface area (Å²) in [6.07, 6.45) is 5.72. The van der Waals surface area contributed by atoms with Crippen LogP contribution in [0.2, 0.25) is 0 Å². The van der Waals surface area contributed by atoms with Gasteiger partial charge in [-0.15, -0.1) is 0 Å². The van der Waals surface area contributed by atoms with Gasteiger partial charge >= 0.3 is 0 Å². The zero-order chi connectivity index (χ0) is 16.7. The zero-order valence-electron chi connectivity index (χ0n) is 14.2. The number of hydrogen-bond donors (Lipinski definition) is 1. The quantitative estimate of drug-likeness (QED) is 0.918. The molecule has 4 rings (SSSR count). The number of carbonyl (C=O) groups excluding carboxylic acids is 1. The van der Waals surface area contributed by atoms with E-state index in [1.54, 1.807) is 19.3 Å². The second-order valence-corrected chi connectivity index (χ2v) is 7.39. The average molecular weight is 332 g/mol. The molecule has 1 aromatic heterocycles. The number of aromatic nitrogens is 1. The molecule has 130 valence electrons. The number of amides is 1. The fraction of sp³-hybridized carbons (Fsp3) is 0.667. The third kappa shape index (κ3) is 2.88. The molecular formula is C18H25FN4O. The van der Waals surface area contributed by atoms with E-state index in [9.17, 15) is 9.18 Å². The Morgan fingerprint density at radius 1 is 1.29 bits per heavy atom. The highest BCUT2D eigenvalue weighted by Crippen LogP contribution is 2.53. The van der Waals surface area contributed by atoms with E-state index in [2.05, 4.69) is 20.1 Å². The highest BCUT2D eigenvalue weighted by atomic mass is 19.1. The Morgan fingerprint density at radius 2 is 2.08 bits per heavy atom. The fourth-order valence-electron chi connectivity index (χ4n) is 4.28. The van der Waals surface area contributed by atoms with Crippen molar-refractivity contribution in [1.82, 2.24) is 15.2 Å². The van der Waals surface area contributed by atoms with Crippen molar-refractivity contribution in [3.05, 3.63) is 24.0 Å². The van der Waals surface area contributed by atoms with Crippen molar-refractivity contribution in [2.45, 2.75) is 37.4 Å². The summed E-state index contributed by atoms with van der Waals surface area (Å²) in [5.41, 5.74) is 0.635. The van der Waals surface area contributed by atoms with E-state index in [1.807, 2.05) is 6.07 Å². The van der Waals surface area contributed by atoms with Gasteiger partial charge in [-0.1, -0.05) is 0 Å². The molecule has 2 aliphatic heterocycles. The lowest BCUT2D eigenvalue weighted by Gasteiger charge is -2.41. The van der Waals surface area contributed by atoms with Gasteiger partial charge in [0.1, 0.15) is 11.4 Å². The lowest BCUT2D eigenvalue weighted by Crippen LogP contribution is -2.49. The van der Waals surface area contributed by atoms with Crippen LogP contribution in [-0.2, 0) is 0 Å². The largest absolute Gasteiger partial charge is 0.370 e. The molecule has 2 unspecified atom stereocenters. The number of likely N-dealkylation sites (tertiary alicyclic amines) is 1. The van der Waals surface area contributed by atoms with Crippen molar-refractivity contribution >= 4 is 11.6 Å². The number of anilines is 1. The van der Waals surface area contributed by atoms with Gasteiger partial charge in [-0.05, 0) is 50.3 Å². The second-order valence-electron chi connectivity index (χ2n) is 7.39. The summed E-state index contributed by atoms with van der Waals surface area (Å²) in [5.74, 6) is 0.183. The Hall–Kier alpha value is -1.69.